The molecule has 1 rings (SSSR count). The molecule has 1 aliphatic heterocycles. The standard InChI is InChI=1S/C9H18N2O2S/c1-7(10)8(12)11-4-5-14(13)9(2,3)6-11/h7H,4-6,10H2,1-3H3/t7-,14?/m1/s1. The van der Waals surface area contributed by atoms with E-state index in [9.17, 15) is 9.00 Å². The van der Waals surface area contributed by atoms with Gasteiger partial charge in [0.05, 0.1) is 10.8 Å². The second kappa shape index (κ2) is 3.98. The number of hydrogen-bond donors (Lipinski definition) is 1. The largest absolute Gasteiger partial charge is 0.339 e. The molecule has 1 unspecified atom stereocenters. The normalized spacial score (nSPS) is 28.6. The van der Waals surface area contributed by atoms with Crippen LogP contribution in [-0.4, -0.2) is 44.6 Å². The summed E-state index contributed by atoms with van der Waals surface area (Å²) in [5, 5.41) is 0. The Morgan fingerprint density at radius 3 is 2.57 bits per heavy atom. The van der Waals surface area contributed by atoms with E-state index in [-0.39, 0.29) is 10.7 Å². The van der Waals surface area contributed by atoms with E-state index in [1.807, 2.05) is 13.8 Å². The Bertz CT molecular complexity index is 264. The molecule has 2 atom stereocenters. The van der Waals surface area contributed by atoms with E-state index in [2.05, 4.69) is 0 Å². The van der Waals surface area contributed by atoms with Crippen molar-refractivity contribution >= 4 is 16.7 Å². The average Bonchev–Trinajstić information content (AvgIpc) is 2.08. The van der Waals surface area contributed by atoms with Gasteiger partial charge in [0.2, 0.25) is 5.91 Å². The van der Waals surface area contributed by atoms with E-state index in [0.29, 0.717) is 18.8 Å². The van der Waals surface area contributed by atoms with Gasteiger partial charge < -0.3 is 10.6 Å². The van der Waals surface area contributed by atoms with Crippen molar-refractivity contribution in [3.05, 3.63) is 0 Å². The number of rotatable bonds is 1. The number of carbonyl (C=O) groups is 1. The van der Waals surface area contributed by atoms with Crippen LogP contribution in [-0.2, 0) is 15.6 Å². The third-order valence-corrected chi connectivity index (χ3v) is 4.35. The van der Waals surface area contributed by atoms with E-state index in [1.165, 1.54) is 0 Å². The van der Waals surface area contributed by atoms with Gasteiger partial charge in [0, 0.05) is 29.6 Å². The lowest BCUT2D eigenvalue weighted by molar-refractivity contribution is -0.132. The predicted octanol–water partition coefficient (Wildman–Crippen LogP) is -0.297. The van der Waals surface area contributed by atoms with Gasteiger partial charge in [0.1, 0.15) is 0 Å². The van der Waals surface area contributed by atoms with Crippen LogP contribution in [0, 0.1) is 0 Å². The minimum atomic E-state index is -0.836. The summed E-state index contributed by atoms with van der Waals surface area (Å²) in [6, 6.07) is -0.461. The van der Waals surface area contributed by atoms with Crippen molar-refractivity contribution in [2.24, 2.45) is 5.73 Å². The Morgan fingerprint density at radius 1 is 1.57 bits per heavy atom. The molecule has 0 aromatic rings. The maximum atomic E-state index is 11.6. The van der Waals surface area contributed by atoms with Gasteiger partial charge in [-0.1, -0.05) is 0 Å². The van der Waals surface area contributed by atoms with Crippen LogP contribution in [0.4, 0.5) is 0 Å². The van der Waals surface area contributed by atoms with Crippen molar-refractivity contribution in [2.75, 3.05) is 18.8 Å². The molecule has 0 aromatic carbocycles. The van der Waals surface area contributed by atoms with Gasteiger partial charge in [-0.05, 0) is 20.8 Å². The molecular formula is C9H18N2O2S. The first-order valence-corrected chi connectivity index (χ1v) is 6.09. The van der Waals surface area contributed by atoms with Crippen molar-refractivity contribution in [1.29, 1.82) is 0 Å². The first kappa shape index (κ1) is 11.7. The van der Waals surface area contributed by atoms with E-state index >= 15 is 0 Å². The van der Waals surface area contributed by atoms with Crippen LogP contribution in [0.25, 0.3) is 0 Å². The van der Waals surface area contributed by atoms with Gasteiger partial charge in [-0.25, -0.2) is 0 Å². The molecule has 5 heteroatoms. The third kappa shape index (κ3) is 2.33. The van der Waals surface area contributed by atoms with Gasteiger partial charge in [0.15, 0.2) is 0 Å². The second-order valence-corrected chi connectivity index (χ2v) is 6.56. The molecule has 0 spiro atoms. The summed E-state index contributed by atoms with van der Waals surface area (Å²) < 4.78 is 11.3. The molecule has 0 radical (unpaired) electrons. The topological polar surface area (TPSA) is 63.4 Å². The van der Waals surface area contributed by atoms with Crippen molar-refractivity contribution in [3.8, 4) is 0 Å². The van der Waals surface area contributed by atoms with Crippen LogP contribution in [0.1, 0.15) is 20.8 Å². The summed E-state index contributed by atoms with van der Waals surface area (Å²) in [7, 11) is -0.836. The summed E-state index contributed by atoms with van der Waals surface area (Å²) in [5.41, 5.74) is 5.52. The lowest BCUT2D eigenvalue weighted by atomic mass is 10.1. The molecule has 0 aromatic heterocycles. The highest BCUT2D eigenvalue weighted by Gasteiger charge is 2.35. The summed E-state index contributed by atoms with van der Waals surface area (Å²) in [6.45, 7) is 6.63. The molecule has 0 aliphatic carbocycles. The summed E-state index contributed by atoms with van der Waals surface area (Å²) in [4.78, 5) is 13.3. The first-order valence-electron chi connectivity index (χ1n) is 4.77. The highest BCUT2D eigenvalue weighted by Crippen LogP contribution is 2.20. The number of nitrogens with zero attached hydrogens (tertiary/aromatic N) is 1. The molecule has 82 valence electrons. The minimum absolute atomic E-state index is 0.0465. The maximum absolute atomic E-state index is 11.6. The van der Waals surface area contributed by atoms with Crippen molar-refractivity contribution < 1.29 is 9.00 Å². The van der Waals surface area contributed by atoms with E-state index in [4.69, 9.17) is 5.73 Å². The van der Waals surface area contributed by atoms with E-state index < -0.39 is 16.8 Å². The summed E-state index contributed by atoms with van der Waals surface area (Å²) >= 11 is 0. The maximum Gasteiger partial charge on any atom is 0.239 e. The van der Waals surface area contributed by atoms with Crippen LogP contribution in [0.3, 0.4) is 0 Å². The smallest absolute Gasteiger partial charge is 0.239 e. The molecule has 4 nitrogen and oxygen atoms in total. The molecule has 1 saturated heterocycles. The molecule has 1 aliphatic rings. The summed E-state index contributed by atoms with van der Waals surface area (Å²) in [6.07, 6.45) is 0. The Hall–Kier alpha value is -0.420. The summed E-state index contributed by atoms with van der Waals surface area (Å²) in [5.74, 6) is 0.514. The van der Waals surface area contributed by atoms with Crippen molar-refractivity contribution in [2.45, 2.75) is 31.6 Å². The van der Waals surface area contributed by atoms with Crippen molar-refractivity contribution in [3.63, 3.8) is 0 Å². The van der Waals surface area contributed by atoms with Crippen LogP contribution in [0.2, 0.25) is 0 Å². The predicted molar refractivity (Wildman–Crippen MR) is 57.3 cm³/mol. The number of nitrogens with two attached hydrogens (primary N) is 1. The Balaban J connectivity index is 2.69. The molecular weight excluding hydrogens is 200 g/mol. The molecule has 1 fully saturated rings. The Labute approximate surface area is 87.3 Å². The van der Waals surface area contributed by atoms with Gasteiger partial charge in [-0.3, -0.25) is 9.00 Å². The average molecular weight is 218 g/mol. The number of carbonyl (C=O) groups excluding carboxylic acids is 1. The highest BCUT2D eigenvalue weighted by atomic mass is 32.2. The molecule has 1 heterocycles. The van der Waals surface area contributed by atoms with Crippen LogP contribution < -0.4 is 5.73 Å². The zero-order valence-corrected chi connectivity index (χ0v) is 9.76. The highest BCUT2D eigenvalue weighted by molar-refractivity contribution is 7.86. The van der Waals surface area contributed by atoms with Gasteiger partial charge in [-0.15, -0.1) is 0 Å². The lowest BCUT2D eigenvalue weighted by Gasteiger charge is -2.37. The molecule has 0 saturated carbocycles. The molecule has 14 heavy (non-hydrogen) atoms. The number of hydrogen-bond acceptors (Lipinski definition) is 3. The number of amides is 1. The minimum Gasteiger partial charge on any atom is -0.339 e. The molecule has 1 amide bonds. The first-order chi connectivity index (χ1) is 6.34. The van der Waals surface area contributed by atoms with Gasteiger partial charge in [0.25, 0.3) is 0 Å². The van der Waals surface area contributed by atoms with Crippen LogP contribution in [0.15, 0.2) is 0 Å². The van der Waals surface area contributed by atoms with Crippen LogP contribution >= 0.6 is 0 Å². The zero-order chi connectivity index (χ0) is 10.9. The lowest BCUT2D eigenvalue weighted by Crippen LogP contribution is -2.55. The molecule has 2 N–H and O–H groups in total. The fourth-order valence-electron chi connectivity index (χ4n) is 1.56. The quantitative estimate of drug-likeness (QED) is 0.657. The van der Waals surface area contributed by atoms with Crippen molar-refractivity contribution in [1.82, 2.24) is 4.90 Å². The Morgan fingerprint density at radius 2 is 2.14 bits per heavy atom. The fourth-order valence-corrected chi connectivity index (χ4v) is 2.79. The molecule has 0 bridgehead atoms. The Kier molecular flexibility index (Phi) is 3.32. The third-order valence-electron chi connectivity index (χ3n) is 2.44. The zero-order valence-electron chi connectivity index (χ0n) is 8.95. The SMILES string of the molecule is C[C@@H](N)C(=O)N1CCS(=O)C(C)(C)C1. The monoisotopic (exact) mass is 218 g/mol. The van der Waals surface area contributed by atoms with Gasteiger partial charge in [-0.2, -0.15) is 0 Å². The fraction of sp³-hybridized carbons (Fsp3) is 0.889. The van der Waals surface area contributed by atoms with E-state index in [1.54, 1.807) is 11.8 Å². The van der Waals surface area contributed by atoms with Gasteiger partial charge >= 0.3 is 0 Å². The van der Waals surface area contributed by atoms with E-state index in [0.717, 1.165) is 0 Å². The second-order valence-electron chi connectivity index (χ2n) is 4.36. The van der Waals surface area contributed by atoms with Crippen LogP contribution in [0.5, 0.6) is 0 Å².